The fourth-order valence-corrected chi connectivity index (χ4v) is 0. The van der Waals surface area contributed by atoms with Gasteiger partial charge in [0.2, 0.25) is 0 Å². The van der Waals surface area contributed by atoms with E-state index in [1.165, 1.54) is 0 Å². The molecule has 34 valence electrons. The highest BCUT2D eigenvalue weighted by Crippen LogP contribution is 2.77. The summed E-state index contributed by atoms with van der Waals surface area (Å²) in [6.07, 6.45) is 0. The second kappa shape index (κ2) is 3.09. The molecule has 1 unspecified atom stereocenters. The molecular formula is H2I3PS. The van der Waals surface area contributed by atoms with Gasteiger partial charge in [-0.25, -0.2) is 0 Å². The van der Waals surface area contributed by atoms with Crippen molar-refractivity contribution in [1.29, 1.82) is 0 Å². The second-order valence-electron chi connectivity index (χ2n) is 0.442. The molecule has 0 aliphatic rings. The second-order valence-corrected chi connectivity index (χ2v) is 39.8. The monoisotopic (exact) mass is 446 g/mol. The van der Waals surface area contributed by atoms with Gasteiger partial charge in [0, 0.05) is 0 Å². The lowest BCUT2D eigenvalue weighted by Gasteiger charge is -2.04. The van der Waals surface area contributed by atoms with Crippen LogP contribution < -0.4 is 0 Å². The summed E-state index contributed by atoms with van der Waals surface area (Å²) in [5.74, 6) is 0. The molecule has 0 amide bonds. The summed E-state index contributed by atoms with van der Waals surface area (Å²) in [4.78, 5) is 0. The van der Waals surface area contributed by atoms with Gasteiger partial charge in [-0.15, -0.1) is 0 Å². The zero-order chi connectivity index (χ0) is 4.50. The van der Waals surface area contributed by atoms with E-state index in [0.717, 1.165) is 0 Å². The molecule has 5 heavy (non-hydrogen) atoms. The van der Waals surface area contributed by atoms with Crippen molar-refractivity contribution in [2.45, 2.75) is 0 Å². The largest absolute Gasteiger partial charge is 0.0660 e. The summed E-state index contributed by atoms with van der Waals surface area (Å²) in [6.45, 7) is 0. The van der Waals surface area contributed by atoms with Crippen LogP contribution in [0.25, 0.3) is 0 Å². The van der Waals surface area contributed by atoms with E-state index in [9.17, 15) is 0 Å². The van der Waals surface area contributed by atoms with E-state index < -0.39 is 0 Å². The van der Waals surface area contributed by atoms with Gasteiger partial charge in [0.15, 0.2) is 0 Å². The van der Waals surface area contributed by atoms with Crippen molar-refractivity contribution in [3.05, 3.63) is 0 Å². The molecule has 0 saturated heterocycles. The van der Waals surface area contributed by atoms with Crippen LogP contribution in [0.3, 0.4) is 0 Å². The molecule has 0 spiro atoms. The van der Waals surface area contributed by atoms with Crippen molar-refractivity contribution in [3.8, 4) is 0 Å². The van der Waals surface area contributed by atoms with Crippen molar-refractivity contribution in [2.24, 2.45) is 0 Å². The Kier molecular flexibility index (Phi) is 4.92. The smallest absolute Gasteiger partial charge is 0.00108 e. The van der Waals surface area contributed by atoms with Gasteiger partial charge in [-0.1, -0.05) is 9.60 Å². The maximum absolute atomic E-state index is 2.76. The lowest BCUT2D eigenvalue weighted by Crippen LogP contribution is -1.24. The molecule has 0 aliphatic carbocycles. The molecule has 0 aromatic heterocycles. The normalized spacial score (nSPS) is 15.2. The van der Waals surface area contributed by atoms with Crippen LogP contribution in [0, 0.1) is 0 Å². The van der Waals surface area contributed by atoms with Crippen LogP contribution in [-0.2, 0) is 0 Å². The van der Waals surface area contributed by atoms with E-state index in [-0.39, 0.29) is 1.16 Å². The number of hydrogen-bond acceptors (Lipinski definition) is 0. The quantitative estimate of drug-likeness (QED) is 0.395. The first kappa shape index (κ1) is 7.97. The van der Waals surface area contributed by atoms with Crippen LogP contribution >= 0.6 is 73.2 Å². The Morgan fingerprint density at radius 1 is 1.20 bits per heavy atom. The number of hydrogen-bond donors (Lipinski definition) is 0. The summed E-state index contributed by atoms with van der Waals surface area (Å²) < 4.78 is -0.340. The van der Waals surface area contributed by atoms with Gasteiger partial charge in [0.1, 0.15) is 0 Å². The minimum atomic E-state index is -0.340. The van der Waals surface area contributed by atoms with Crippen LogP contribution in [-0.4, -0.2) is 0 Å². The maximum atomic E-state index is 2.76. The van der Waals surface area contributed by atoms with Crippen molar-refractivity contribution < 1.29 is 0 Å². The molecular weight excluding hydrogens is 444 g/mol. The molecule has 0 rings (SSSR count). The summed E-state index contributed by atoms with van der Waals surface area (Å²) >= 11 is 7.19. The summed E-state index contributed by atoms with van der Waals surface area (Å²) in [6, 6.07) is 0. The number of halogens is 3. The first-order valence-corrected chi connectivity index (χ1v) is 11.4. The molecule has 0 aromatic carbocycles. The Balaban J connectivity index is 3.02. The van der Waals surface area contributed by atoms with E-state index in [1.807, 2.05) is 0 Å². The minimum Gasteiger partial charge on any atom is -0.0660 e. The SMILES string of the molecule is PS(I)(I)I. The van der Waals surface area contributed by atoms with Gasteiger partial charge < -0.3 is 0 Å². The van der Waals surface area contributed by atoms with Gasteiger partial charge >= 0.3 is 0 Å². The average molecular weight is 446 g/mol. The molecule has 0 aromatic rings. The Hall–Kier alpha value is 2.97. The molecule has 1 atom stereocenters. The van der Waals surface area contributed by atoms with Crippen molar-refractivity contribution in [1.82, 2.24) is 0 Å². The van der Waals surface area contributed by atoms with E-state index >= 15 is 0 Å². The molecule has 0 saturated carbocycles. The third kappa shape index (κ3) is 19.5. The van der Waals surface area contributed by atoms with Crippen LogP contribution in [0.5, 0.6) is 0 Å². The van der Waals surface area contributed by atoms with Crippen LogP contribution in [0.1, 0.15) is 0 Å². The van der Waals surface area contributed by atoms with E-state index in [1.54, 1.807) is 0 Å². The van der Waals surface area contributed by atoms with E-state index in [2.05, 4.69) is 72.1 Å². The zero-order valence-corrected chi connectivity index (χ0v) is 10.6. The summed E-state index contributed by atoms with van der Waals surface area (Å²) in [5.41, 5.74) is 0. The molecule has 0 bridgehead atoms. The molecule has 0 heterocycles. The van der Waals surface area contributed by atoms with Crippen molar-refractivity contribution in [2.75, 3.05) is 0 Å². The van der Waals surface area contributed by atoms with Crippen LogP contribution in [0.4, 0.5) is 0 Å². The van der Waals surface area contributed by atoms with Gasteiger partial charge in [-0.2, -0.15) is 0 Å². The predicted octanol–water partition coefficient (Wildman–Crippen LogP) is 3.63. The third-order valence-electron chi connectivity index (χ3n) is 0. The maximum Gasteiger partial charge on any atom is -0.00108 e. The van der Waals surface area contributed by atoms with Crippen molar-refractivity contribution >= 4 is 73.2 Å². The molecule has 0 radical (unpaired) electrons. The summed E-state index contributed by atoms with van der Waals surface area (Å²) in [7, 11) is 2.76. The van der Waals surface area contributed by atoms with Gasteiger partial charge in [0.05, 0.1) is 0 Å². The first-order chi connectivity index (χ1) is 2.00. The Morgan fingerprint density at radius 2 is 1.20 bits per heavy atom. The standard InChI is InChI=1S/H2I3PS/c1-5(2,3)4/h4H2. The van der Waals surface area contributed by atoms with Gasteiger partial charge in [-0.3, -0.25) is 0 Å². The van der Waals surface area contributed by atoms with E-state index in [0.29, 0.717) is 0 Å². The van der Waals surface area contributed by atoms with Gasteiger partial charge in [0.25, 0.3) is 0 Å². The highest BCUT2D eigenvalue weighted by atomic mass is 127. The number of rotatable bonds is 0. The fourth-order valence-electron chi connectivity index (χ4n) is 0. The lowest BCUT2D eigenvalue weighted by atomic mass is 30.4. The molecule has 0 nitrogen and oxygen atoms in total. The van der Waals surface area contributed by atoms with E-state index in [4.69, 9.17) is 0 Å². The fraction of sp³-hybridized carbons (Fsp3) is 0. The topological polar surface area (TPSA) is 0 Å². The molecule has 0 N–H and O–H groups in total. The molecule has 0 fully saturated rings. The van der Waals surface area contributed by atoms with Crippen molar-refractivity contribution in [3.63, 3.8) is 0 Å². The average Bonchev–Trinajstić information content (AvgIpc) is 0.722. The summed E-state index contributed by atoms with van der Waals surface area (Å²) in [5, 5.41) is 0. The Bertz CT molecular complexity index is 22.4. The molecule has 0 aliphatic heterocycles. The molecule has 5 heteroatoms. The first-order valence-electron chi connectivity index (χ1n) is 0.699. The zero-order valence-electron chi connectivity index (χ0n) is 2.12. The van der Waals surface area contributed by atoms with Crippen LogP contribution in [0.2, 0.25) is 0 Å². The Morgan fingerprint density at radius 3 is 1.20 bits per heavy atom. The van der Waals surface area contributed by atoms with Gasteiger partial charge in [-0.05, 0) is 63.6 Å². The highest BCUT2D eigenvalue weighted by molar-refractivity contribution is 14.5. The highest BCUT2D eigenvalue weighted by Gasteiger charge is 1.96. The lowest BCUT2D eigenvalue weighted by molar-refractivity contribution is 6.06. The third-order valence-corrected chi connectivity index (χ3v) is 0. The Labute approximate surface area is 71.6 Å². The minimum absolute atomic E-state index is 0.340. The van der Waals surface area contributed by atoms with Crippen LogP contribution in [0.15, 0.2) is 0 Å². The predicted molar refractivity (Wildman–Crippen MR) is 59.4 cm³/mol.